The van der Waals surface area contributed by atoms with Crippen LogP contribution in [-0.2, 0) is 6.54 Å². The molecule has 0 saturated carbocycles. The van der Waals surface area contributed by atoms with E-state index >= 15 is 0 Å². The molecule has 0 saturated heterocycles. The van der Waals surface area contributed by atoms with Gasteiger partial charge in [-0.25, -0.2) is 4.98 Å². The Hall–Kier alpha value is -2.09. The number of imidazole rings is 1. The molecule has 1 heterocycles. The van der Waals surface area contributed by atoms with Gasteiger partial charge in [0.05, 0.1) is 11.0 Å². The molecule has 3 aromatic rings. The minimum Gasteiger partial charge on any atom is -0.324 e. The van der Waals surface area contributed by atoms with Gasteiger partial charge in [0.25, 0.3) is 0 Å². The van der Waals surface area contributed by atoms with Crippen molar-refractivity contribution in [2.75, 3.05) is 0 Å². The van der Waals surface area contributed by atoms with Crippen LogP contribution in [0.1, 0.15) is 25.2 Å². The maximum atomic E-state index is 4.57. The lowest BCUT2D eigenvalue weighted by Crippen LogP contribution is -2.01. The van der Waals surface area contributed by atoms with Crippen LogP contribution >= 0.6 is 0 Å². The Morgan fingerprint density at radius 3 is 2.26 bits per heavy atom. The molecule has 0 radical (unpaired) electrons. The fourth-order valence-corrected chi connectivity index (χ4v) is 2.16. The number of fused-ring (bicyclic) bond motifs is 1. The molecule has 0 fully saturated rings. The summed E-state index contributed by atoms with van der Waals surface area (Å²) in [5.41, 5.74) is 3.58. The van der Waals surface area contributed by atoms with E-state index < -0.39 is 0 Å². The monoisotopic (exact) mass is 252 g/mol. The first-order valence-corrected chi connectivity index (χ1v) is 6.80. The number of rotatable bonds is 2. The first-order valence-electron chi connectivity index (χ1n) is 6.80. The van der Waals surface area contributed by atoms with E-state index in [0.717, 1.165) is 17.9 Å². The highest BCUT2D eigenvalue weighted by Crippen LogP contribution is 2.17. The molecule has 2 aromatic carbocycles. The summed E-state index contributed by atoms with van der Waals surface area (Å²) >= 11 is 0. The Balaban J connectivity index is 0.000000637. The summed E-state index contributed by atoms with van der Waals surface area (Å²) in [4.78, 5) is 4.57. The lowest BCUT2D eigenvalue weighted by molar-refractivity contribution is 0.786. The normalized spacial score (nSPS) is 10.1. The zero-order chi connectivity index (χ0) is 13.7. The van der Waals surface area contributed by atoms with Crippen molar-refractivity contribution >= 4 is 11.0 Å². The number of benzene rings is 2. The van der Waals surface area contributed by atoms with E-state index in [1.54, 1.807) is 0 Å². The standard InChI is InChI=1S/C15H14N2.C2H6/c1-12-16-14-9-5-6-10-15(14)17(12)11-13-7-3-2-4-8-13;1-2/h2-10H,11H2,1H3;1-2H3. The second-order valence-electron chi connectivity index (χ2n) is 4.22. The van der Waals surface area contributed by atoms with E-state index in [0.29, 0.717) is 0 Å². The zero-order valence-corrected chi connectivity index (χ0v) is 11.8. The zero-order valence-electron chi connectivity index (χ0n) is 11.8. The van der Waals surface area contributed by atoms with Crippen molar-refractivity contribution < 1.29 is 0 Å². The van der Waals surface area contributed by atoms with Crippen LogP contribution in [0.5, 0.6) is 0 Å². The van der Waals surface area contributed by atoms with Gasteiger partial charge in [-0.05, 0) is 24.6 Å². The first kappa shape index (κ1) is 13.3. The topological polar surface area (TPSA) is 17.8 Å². The third kappa shape index (κ3) is 2.84. The van der Waals surface area contributed by atoms with Crippen LogP contribution in [0.4, 0.5) is 0 Å². The molecule has 0 unspecified atom stereocenters. The van der Waals surface area contributed by atoms with Crippen molar-refractivity contribution in [1.82, 2.24) is 9.55 Å². The number of nitrogens with zero attached hydrogens (tertiary/aromatic N) is 2. The fraction of sp³-hybridized carbons (Fsp3) is 0.235. The third-order valence-electron chi connectivity index (χ3n) is 3.03. The van der Waals surface area contributed by atoms with Crippen molar-refractivity contribution in [2.45, 2.75) is 27.3 Å². The molecule has 0 aliphatic rings. The van der Waals surface area contributed by atoms with E-state index in [4.69, 9.17) is 0 Å². The van der Waals surface area contributed by atoms with Crippen molar-refractivity contribution in [3.63, 3.8) is 0 Å². The maximum absolute atomic E-state index is 4.57. The van der Waals surface area contributed by atoms with Crippen molar-refractivity contribution in [1.29, 1.82) is 0 Å². The SMILES string of the molecule is CC.Cc1nc2ccccc2n1Cc1ccccc1. The second-order valence-corrected chi connectivity index (χ2v) is 4.22. The molecule has 3 rings (SSSR count). The average Bonchev–Trinajstić information content (AvgIpc) is 2.79. The highest BCUT2D eigenvalue weighted by Gasteiger charge is 2.06. The van der Waals surface area contributed by atoms with Crippen LogP contribution in [0.3, 0.4) is 0 Å². The lowest BCUT2D eigenvalue weighted by Gasteiger charge is -2.06. The van der Waals surface area contributed by atoms with Gasteiger partial charge < -0.3 is 4.57 Å². The van der Waals surface area contributed by atoms with Gasteiger partial charge in [-0.1, -0.05) is 56.3 Å². The van der Waals surface area contributed by atoms with Gasteiger partial charge in [-0.15, -0.1) is 0 Å². The van der Waals surface area contributed by atoms with E-state index in [1.165, 1.54) is 11.1 Å². The summed E-state index contributed by atoms with van der Waals surface area (Å²) in [5.74, 6) is 1.06. The highest BCUT2D eigenvalue weighted by atomic mass is 15.1. The fourth-order valence-electron chi connectivity index (χ4n) is 2.16. The summed E-state index contributed by atoms with van der Waals surface area (Å²) in [6, 6.07) is 18.8. The quantitative estimate of drug-likeness (QED) is 0.660. The summed E-state index contributed by atoms with van der Waals surface area (Å²) in [7, 11) is 0. The Morgan fingerprint density at radius 2 is 1.53 bits per heavy atom. The molecular weight excluding hydrogens is 232 g/mol. The Labute approximate surface area is 114 Å². The number of para-hydroxylation sites is 2. The predicted molar refractivity (Wildman–Crippen MR) is 81.4 cm³/mol. The summed E-state index contributed by atoms with van der Waals surface area (Å²) in [6.07, 6.45) is 0. The van der Waals surface area contributed by atoms with Gasteiger partial charge in [-0.3, -0.25) is 0 Å². The number of hydrogen-bond donors (Lipinski definition) is 0. The third-order valence-corrected chi connectivity index (χ3v) is 3.03. The first-order chi connectivity index (χ1) is 9.34. The molecule has 0 spiro atoms. The minimum atomic E-state index is 0.882. The molecular formula is C17H20N2. The summed E-state index contributed by atoms with van der Waals surface area (Å²) in [6.45, 7) is 6.94. The summed E-state index contributed by atoms with van der Waals surface area (Å²) in [5, 5.41) is 0. The molecule has 0 atom stereocenters. The minimum absolute atomic E-state index is 0.882. The van der Waals surface area contributed by atoms with Crippen LogP contribution in [-0.4, -0.2) is 9.55 Å². The van der Waals surface area contributed by atoms with Crippen LogP contribution in [0.2, 0.25) is 0 Å². The highest BCUT2D eigenvalue weighted by molar-refractivity contribution is 5.75. The molecule has 0 aliphatic heterocycles. The van der Waals surface area contributed by atoms with Gasteiger partial charge in [0.1, 0.15) is 5.82 Å². The number of hydrogen-bond acceptors (Lipinski definition) is 1. The predicted octanol–water partition coefficient (Wildman–Crippen LogP) is 4.42. The average molecular weight is 252 g/mol. The van der Waals surface area contributed by atoms with Crippen LogP contribution in [0.15, 0.2) is 54.6 Å². The smallest absolute Gasteiger partial charge is 0.107 e. The maximum Gasteiger partial charge on any atom is 0.107 e. The van der Waals surface area contributed by atoms with Gasteiger partial charge in [0.2, 0.25) is 0 Å². The molecule has 0 N–H and O–H groups in total. The van der Waals surface area contributed by atoms with Gasteiger partial charge in [0, 0.05) is 6.54 Å². The second kappa shape index (κ2) is 6.19. The Kier molecular flexibility index (Phi) is 4.35. The van der Waals surface area contributed by atoms with Crippen molar-refractivity contribution in [3.05, 3.63) is 66.0 Å². The van der Waals surface area contributed by atoms with Crippen molar-refractivity contribution in [3.8, 4) is 0 Å². The molecule has 0 aliphatic carbocycles. The van der Waals surface area contributed by atoms with Gasteiger partial charge >= 0.3 is 0 Å². The lowest BCUT2D eigenvalue weighted by atomic mass is 10.2. The van der Waals surface area contributed by atoms with Crippen LogP contribution in [0.25, 0.3) is 11.0 Å². The summed E-state index contributed by atoms with van der Waals surface area (Å²) < 4.78 is 2.25. The Morgan fingerprint density at radius 1 is 0.895 bits per heavy atom. The largest absolute Gasteiger partial charge is 0.324 e. The molecule has 2 heteroatoms. The molecule has 19 heavy (non-hydrogen) atoms. The van der Waals surface area contributed by atoms with Gasteiger partial charge in [-0.2, -0.15) is 0 Å². The molecule has 0 bridgehead atoms. The number of aryl methyl sites for hydroxylation is 1. The van der Waals surface area contributed by atoms with Crippen LogP contribution in [0, 0.1) is 6.92 Å². The van der Waals surface area contributed by atoms with E-state index in [1.807, 2.05) is 26.0 Å². The number of aromatic nitrogens is 2. The van der Waals surface area contributed by atoms with E-state index in [-0.39, 0.29) is 0 Å². The van der Waals surface area contributed by atoms with Gasteiger partial charge in [0.15, 0.2) is 0 Å². The molecule has 98 valence electrons. The molecule has 0 amide bonds. The Bertz CT molecular complexity index is 639. The van der Waals surface area contributed by atoms with E-state index in [2.05, 4.69) is 58.9 Å². The van der Waals surface area contributed by atoms with Crippen LogP contribution < -0.4 is 0 Å². The molecule has 1 aromatic heterocycles. The molecule has 2 nitrogen and oxygen atoms in total. The van der Waals surface area contributed by atoms with Crippen molar-refractivity contribution in [2.24, 2.45) is 0 Å². The van der Waals surface area contributed by atoms with E-state index in [9.17, 15) is 0 Å².